The summed E-state index contributed by atoms with van der Waals surface area (Å²) in [6.45, 7) is 2.60. The first-order chi connectivity index (χ1) is 9.66. The summed E-state index contributed by atoms with van der Waals surface area (Å²) in [7, 11) is 0. The second-order valence-electron chi connectivity index (χ2n) is 4.37. The van der Waals surface area contributed by atoms with Gasteiger partial charge in [-0.1, -0.05) is 40.2 Å². The van der Waals surface area contributed by atoms with Gasteiger partial charge in [0.15, 0.2) is 0 Å². The molecule has 0 amide bonds. The van der Waals surface area contributed by atoms with E-state index in [1.807, 2.05) is 48.5 Å². The molecule has 0 spiro atoms. The van der Waals surface area contributed by atoms with Crippen LogP contribution in [0, 0.1) is 0 Å². The van der Waals surface area contributed by atoms with Crippen LogP contribution in [0.15, 0.2) is 53.0 Å². The van der Waals surface area contributed by atoms with Gasteiger partial charge >= 0.3 is 0 Å². The quantitative estimate of drug-likeness (QED) is 0.811. The summed E-state index contributed by atoms with van der Waals surface area (Å²) in [4.78, 5) is 0. The number of rotatable bonds is 6. The molecule has 0 heterocycles. The Kier molecular flexibility index (Phi) is 5.44. The number of halogens is 1. The van der Waals surface area contributed by atoms with E-state index in [-0.39, 0.29) is 0 Å². The third-order valence-corrected chi connectivity index (χ3v) is 3.27. The lowest BCUT2D eigenvalue weighted by atomic mass is 10.1. The van der Waals surface area contributed by atoms with Crippen LogP contribution in [-0.4, -0.2) is 18.3 Å². The highest BCUT2D eigenvalue weighted by Gasteiger charge is 2.07. The fourth-order valence-electron chi connectivity index (χ4n) is 1.83. The molecule has 0 aliphatic heterocycles. The Bertz CT molecular complexity index is 555. The fourth-order valence-corrected chi connectivity index (χ4v) is 2.20. The molecule has 1 unspecified atom stereocenters. The van der Waals surface area contributed by atoms with Gasteiger partial charge in [-0.2, -0.15) is 0 Å². The molecule has 4 heteroatoms. The lowest BCUT2D eigenvalue weighted by Crippen LogP contribution is -2.10. The van der Waals surface area contributed by atoms with Crippen LogP contribution in [0.2, 0.25) is 0 Å². The van der Waals surface area contributed by atoms with E-state index < -0.39 is 6.10 Å². The molecule has 20 heavy (non-hydrogen) atoms. The molecular formula is C16H17BrO3. The molecule has 2 aromatic carbocycles. The van der Waals surface area contributed by atoms with Gasteiger partial charge in [-0.15, -0.1) is 0 Å². The van der Waals surface area contributed by atoms with Crippen molar-refractivity contribution in [1.82, 2.24) is 0 Å². The zero-order chi connectivity index (χ0) is 14.4. The van der Waals surface area contributed by atoms with E-state index in [1.54, 1.807) is 6.92 Å². The van der Waals surface area contributed by atoms with E-state index in [0.717, 1.165) is 15.8 Å². The van der Waals surface area contributed by atoms with Crippen molar-refractivity contribution in [3.05, 3.63) is 58.6 Å². The van der Waals surface area contributed by atoms with Gasteiger partial charge in [0, 0.05) is 10.0 Å². The minimum atomic E-state index is -0.544. The van der Waals surface area contributed by atoms with E-state index in [2.05, 4.69) is 15.9 Å². The maximum absolute atomic E-state index is 9.65. The summed E-state index contributed by atoms with van der Waals surface area (Å²) < 4.78 is 12.2. The van der Waals surface area contributed by atoms with Crippen LogP contribution < -0.4 is 9.47 Å². The van der Waals surface area contributed by atoms with Crippen molar-refractivity contribution in [2.45, 2.75) is 13.0 Å². The van der Waals surface area contributed by atoms with E-state index in [9.17, 15) is 5.11 Å². The highest BCUT2D eigenvalue weighted by molar-refractivity contribution is 9.10. The Morgan fingerprint density at radius 3 is 2.55 bits per heavy atom. The topological polar surface area (TPSA) is 38.7 Å². The molecule has 1 atom stereocenters. The van der Waals surface area contributed by atoms with Gasteiger partial charge in [0.05, 0.1) is 6.10 Å². The standard InChI is InChI=1S/C16H17BrO3/c1-12(18)15-7-2-3-8-16(15)20-10-9-19-14-6-4-5-13(17)11-14/h2-8,11-12,18H,9-10H2,1H3. The monoisotopic (exact) mass is 336 g/mol. The minimum Gasteiger partial charge on any atom is -0.490 e. The molecule has 1 N–H and O–H groups in total. The highest BCUT2D eigenvalue weighted by Crippen LogP contribution is 2.24. The fraction of sp³-hybridized carbons (Fsp3) is 0.250. The second kappa shape index (κ2) is 7.31. The molecular weight excluding hydrogens is 320 g/mol. The maximum Gasteiger partial charge on any atom is 0.125 e. The number of hydrogen-bond donors (Lipinski definition) is 1. The summed E-state index contributed by atoms with van der Waals surface area (Å²) in [5.74, 6) is 1.49. The molecule has 2 rings (SSSR count). The molecule has 0 aromatic heterocycles. The lowest BCUT2D eigenvalue weighted by Gasteiger charge is -2.13. The summed E-state index contributed by atoms with van der Waals surface area (Å²) >= 11 is 3.39. The van der Waals surface area contributed by atoms with Crippen molar-refractivity contribution in [3.8, 4) is 11.5 Å². The van der Waals surface area contributed by atoms with Gasteiger partial charge in [-0.3, -0.25) is 0 Å². The van der Waals surface area contributed by atoms with Gasteiger partial charge in [0.2, 0.25) is 0 Å². The lowest BCUT2D eigenvalue weighted by molar-refractivity contribution is 0.182. The molecule has 0 saturated heterocycles. The zero-order valence-corrected chi connectivity index (χ0v) is 12.8. The number of ether oxygens (including phenoxy) is 2. The van der Waals surface area contributed by atoms with Crippen LogP contribution in [0.3, 0.4) is 0 Å². The minimum absolute atomic E-state index is 0.427. The number of aliphatic hydroxyl groups is 1. The SMILES string of the molecule is CC(O)c1ccccc1OCCOc1cccc(Br)c1. The Labute approximate surface area is 127 Å². The van der Waals surface area contributed by atoms with Crippen molar-refractivity contribution in [2.75, 3.05) is 13.2 Å². The van der Waals surface area contributed by atoms with Crippen molar-refractivity contribution in [3.63, 3.8) is 0 Å². The first kappa shape index (κ1) is 14.9. The predicted octanol–water partition coefficient (Wildman–Crippen LogP) is 3.96. The number of aliphatic hydroxyl groups excluding tert-OH is 1. The van der Waals surface area contributed by atoms with Crippen molar-refractivity contribution >= 4 is 15.9 Å². The molecule has 0 saturated carbocycles. The van der Waals surface area contributed by atoms with Crippen LogP contribution in [-0.2, 0) is 0 Å². The smallest absolute Gasteiger partial charge is 0.125 e. The van der Waals surface area contributed by atoms with E-state index >= 15 is 0 Å². The molecule has 0 aliphatic rings. The zero-order valence-electron chi connectivity index (χ0n) is 11.3. The van der Waals surface area contributed by atoms with E-state index in [1.165, 1.54) is 0 Å². The summed E-state index contributed by atoms with van der Waals surface area (Å²) in [5.41, 5.74) is 0.787. The molecule has 0 fully saturated rings. The third-order valence-electron chi connectivity index (χ3n) is 2.77. The van der Waals surface area contributed by atoms with Gasteiger partial charge in [0.25, 0.3) is 0 Å². The van der Waals surface area contributed by atoms with Crippen LogP contribution in [0.1, 0.15) is 18.6 Å². The maximum atomic E-state index is 9.65. The van der Waals surface area contributed by atoms with Crippen LogP contribution in [0.5, 0.6) is 11.5 Å². The predicted molar refractivity (Wildman–Crippen MR) is 82.2 cm³/mol. The van der Waals surface area contributed by atoms with Gasteiger partial charge in [0.1, 0.15) is 24.7 Å². The summed E-state index contributed by atoms with van der Waals surface area (Å²) in [6, 6.07) is 15.1. The molecule has 106 valence electrons. The second-order valence-corrected chi connectivity index (χ2v) is 5.28. The Hall–Kier alpha value is -1.52. The van der Waals surface area contributed by atoms with Crippen LogP contribution in [0.4, 0.5) is 0 Å². The first-order valence-electron chi connectivity index (χ1n) is 6.45. The third kappa shape index (κ3) is 4.25. The van der Waals surface area contributed by atoms with E-state index in [0.29, 0.717) is 19.0 Å². The van der Waals surface area contributed by atoms with E-state index in [4.69, 9.17) is 9.47 Å². The highest BCUT2D eigenvalue weighted by atomic mass is 79.9. The summed E-state index contributed by atoms with van der Waals surface area (Å²) in [6.07, 6.45) is -0.544. The van der Waals surface area contributed by atoms with Crippen LogP contribution in [0.25, 0.3) is 0 Å². The van der Waals surface area contributed by atoms with Gasteiger partial charge in [-0.05, 0) is 31.2 Å². The normalized spacial score (nSPS) is 11.9. The average Bonchev–Trinajstić information content (AvgIpc) is 2.44. The first-order valence-corrected chi connectivity index (χ1v) is 7.24. The Balaban J connectivity index is 1.84. The molecule has 0 radical (unpaired) electrons. The number of para-hydroxylation sites is 1. The summed E-state index contributed by atoms with van der Waals surface area (Å²) in [5, 5.41) is 9.65. The largest absolute Gasteiger partial charge is 0.490 e. The molecule has 0 aliphatic carbocycles. The van der Waals surface area contributed by atoms with Crippen molar-refractivity contribution in [2.24, 2.45) is 0 Å². The van der Waals surface area contributed by atoms with Gasteiger partial charge in [-0.25, -0.2) is 0 Å². The van der Waals surface area contributed by atoms with Gasteiger partial charge < -0.3 is 14.6 Å². The molecule has 2 aromatic rings. The number of hydrogen-bond acceptors (Lipinski definition) is 3. The van der Waals surface area contributed by atoms with Crippen molar-refractivity contribution in [1.29, 1.82) is 0 Å². The Morgan fingerprint density at radius 2 is 1.80 bits per heavy atom. The average molecular weight is 337 g/mol. The number of benzene rings is 2. The molecule has 0 bridgehead atoms. The van der Waals surface area contributed by atoms with Crippen LogP contribution >= 0.6 is 15.9 Å². The Morgan fingerprint density at radius 1 is 1.05 bits per heavy atom. The van der Waals surface area contributed by atoms with Crippen molar-refractivity contribution < 1.29 is 14.6 Å². The molecule has 3 nitrogen and oxygen atoms in total.